The minimum absolute atomic E-state index is 0.107. The lowest BCUT2D eigenvalue weighted by Crippen LogP contribution is -2.33. The van der Waals surface area contributed by atoms with E-state index in [2.05, 4.69) is 25.9 Å². The smallest absolute Gasteiger partial charge is 0.255 e. The van der Waals surface area contributed by atoms with Crippen molar-refractivity contribution in [3.8, 4) is 0 Å². The molecule has 2 heterocycles. The number of hydrogen-bond donors (Lipinski definition) is 3. The van der Waals surface area contributed by atoms with E-state index in [-0.39, 0.29) is 24.6 Å². The van der Waals surface area contributed by atoms with E-state index in [4.69, 9.17) is 11.6 Å². The summed E-state index contributed by atoms with van der Waals surface area (Å²) in [5.74, 6) is -0.353. The van der Waals surface area contributed by atoms with Crippen molar-refractivity contribution in [3.05, 3.63) is 57.7 Å². The third-order valence-corrected chi connectivity index (χ3v) is 6.42. The third kappa shape index (κ3) is 4.99. The number of aliphatic hydroxyl groups excluding tert-OH is 1. The van der Waals surface area contributed by atoms with Crippen molar-refractivity contribution < 1.29 is 9.90 Å². The number of pyridine rings is 1. The fraction of sp³-hybridized carbons (Fsp3) is 0.435. The average Bonchev–Trinajstić information content (AvgIpc) is 3.27. The van der Waals surface area contributed by atoms with Crippen molar-refractivity contribution in [3.63, 3.8) is 0 Å². The molecule has 3 N–H and O–H groups in total. The number of carbonyl (C=O) groups is 1. The molecule has 1 aromatic carbocycles. The molecular formula is C23H27ClN6O3. The zero-order valence-electron chi connectivity index (χ0n) is 18.4. The first-order valence-electron chi connectivity index (χ1n) is 11.1. The van der Waals surface area contributed by atoms with Gasteiger partial charge in [-0.1, -0.05) is 28.9 Å². The highest BCUT2D eigenvalue weighted by Gasteiger charge is 2.26. The molecule has 3 aromatic rings. The van der Waals surface area contributed by atoms with Gasteiger partial charge in [0.1, 0.15) is 0 Å². The molecule has 0 spiro atoms. The van der Waals surface area contributed by atoms with Gasteiger partial charge < -0.3 is 15.7 Å². The van der Waals surface area contributed by atoms with Crippen LogP contribution in [-0.2, 0) is 6.54 Å². The number of benzene rings is 1. The molecule has 1 amide bonds. The summed E-state index contributed by atoms with van der Waals surface area (Å²) in [5, 5.41) is 25.2. The molecule has 0 bridgehead atoms. The van der Waals surface area contributed by atoms with Gasteiger partial charge in [0, 0.05) is 23.8 Å². The predicted octanol–water partition coefficient (Wildman–Crippen LogP) is 4.06. The number of aryl methyl sites for hydroxylation is 1. The Bertz CT molecular complexity index is 1130. The SMILES string of the molecule is CCn1ncc2c(NC3CCC(N=O)CC3)c(C(=O)NC(CO)c3ccc(Cl)cc3)cnc21. The van der Waals surface area contributed by atoms with E-state index in [0.29, 0.717) is 41.3 Å². The van der Waals surface area contributed by atoms with Crippen molar-refractivity contribution in [2.75, 3.05) is 11.9 Å². The van der Waals surface area contributed by atoms with Crippen molar-refractivity contribution in [1.82, 2.24) is 20.1 Å². The Morgan fingerprint density at radius 2 is 1.97 bits per heavy atom. The zero-order chi connectivity index (χ0) is 23.4. The van der Waals surface area contributed by atoms with Gasteiger partial charge in [-0.3, -0.25) is 4.79 Å². The van der Waals surface area contributed by atoms with E-state index in [0.717, 1.165) is 23.8 Å². The second-order valence-electron chi connectivity index (χ2n) is 8.26. The number of rotatable bonds is 8. The molecule has 2 aromatic heterocycles. The summed E-state index contributed by atoms with van der Waals surface area (Å²) in [6, 6.07) is 6.35. The van der Waals surface area contributed by atoms with Crippen molar-refractivity contribution >= 4 is 34.2 Å². The van der Waals surface area contributed by atoms with E-state index in [1.54, 1.807) is 41.3 Å². The maximum Gasteiger partial charge on any atom is 0.255 e. The Hall–Kier alpha value is -3.04. The molecule has 0 aliphatic heterocycles. The predicted molar refractivity (Wildman–Crippen MR) is 127 cm³/mol. The number of fused-ring (bicyclic) bond motifs is 1. The first-order chi connectivity index (χ1) is 16.0. The van der Waals surface area contributed by atoms with Crippen LogP contribution < -0.4 is 10.6 Å². The summed E-state index contributed by atoms with van der Waals surface area (Å²) in [6.07, 6.45) is 6.26. The molecule has 0 radical (unpaired) electrons. The van der Waals surface area contributed by atoms with Crippen LogP contribution in [-0.4, -0.2) is 44.5 Å². The summed E-state index contributed by atoms with van der Waals surface area (Å²) < 4.78 is 1.78. The Labute approximate surface area is 196 Å². The molecule has 33 heavy (non-hydrogen) atoms. The summed E-state index contributed by atoms with van der Waals surface area (Å²) in [7, 11) is 0. The van der Waals surface area contributed by atoms with Gasteiger partial charge in [-0.25, -0.2) is 9.67 Å². The molecule has 9 nitrogen and oxygen atoms in total. The van der Waals surface area contributed by atoms with Gasteiger partial charge in [-0.15, -0.1) is 0 Å². The number of halogens is 1. The number of anilines is 1. The third-order valence-electron chi connectivity index (χ3n) is 6.16. The molecule has 1 aliphatic carbocycles. The lowest BCUT2D eigenvalue weighted by atomic mass is 9.91. The fourth-order valence-electron chi connectivity index (χ4n) is 4.28. The number of nitrogens with zero attached hydrogens (tertiary/aromatic N) is 4. The molecular weight excluding hydrogens is 444 g/mol. The van der Waals surface area contributed by atoms with Crippen LogP contribution in [0.3, 0.4) is 0 Å². The highest BCUT2D eigenvalue weighted by molar-refractivity contribution is 6.30. The van der Waals surface area contributed by atoms with Crippen LogP contribution in [0.5, 0.6) is 0 Å². The van der Waals surface area contributed by atoms with Gasteiger partial charge in [-0.05, 0) is 50.3 Å². The normalized spacial score (nSPS) is 19.2. The van der Waals surface area contributed by atoms with Gasteiger partial charge in [0.15, 0.2) is 5.65 Å². The maximum atomic E-state index is 13.3. The van der Waals surface area contributed by atoms with E-state index in [9.17, 15) is 14.8 Å². The first kappa shape index (κ1) is 23.1. The Morgan fingerprint density at radius 3 is 2.61 bits per heavy atom. The van der Waals surface area contributed by atoms with Crippen LogP contribution in [0.2, 0.25) is 5.02 Å². The fourth-order valence-corrected chi connectivity index (χ4v) is 4.41. The molecule has 1 unspecified atom stereocenters. The zero-order valence-corrected chi connectivity index (χ0v) is 19.1. The minimum atomic E-state index is -0.592. The quantitative estimate of drug-likeness (QED) is 0.427. The Kier molecular flexibility index (Phi) is 7.20. The van der Waals surface area contributed by atoms with Crippen LogP contribution in [0.4, 0.5) is 5.69 Å². The van der Waals surface area contributed by atoms with Gasteiger partial charge in [-0.2, -0.15) is 10.0 Å². The van der Waals surface area contributed by atoms with Gasteiger partial charge in [0.05, 0.1) is 41.5 Å². The van der Waals surface area contributed by atoms with E-state index < -0.39 is 6.04 Å². The van der Waals surface area contributed by atoms with E-state index >= 15 is 0 Å². The summed E-state index contributed by atoms with van der Waals surface area (Å²) >= 11 is 5.96. The van der Waals surface area contributed by atoms with Crippen LogP contribution in [0.1, 0.15) is 54.6 Å². The molecule has 1 atom stereocenters. The van der Waals surface area contributed by atoms with Crippen molar-refractivity contribution in [1.29, 1.82) is 0 Å². The van der Waals surface area contributed by atoms with Crippen LogP contribution >= 0.6 is 11.6 Å². The maximum absolute atomic E-state index is 13.3. The molecule has 174 valence electrons. The van der Waals surface area contributed by atoms with Crippen LogP contribution in [0, 0.1) is 4.91 Å². The average molecular weight is 471 g/mol. The number of carbonyl (C=O) groups excluding carboxylic acids is 1. The topological polar surface area (TPSA) is 122 Å². The van der Waals surface area contributed by atoms with Gasteiger partial charge >= 0.3 is 0 Å². The van der Waals surface area contributed by atoms with Crippen molar-refractivity contribution in [2.24, 2.45) is 5.18 Å². The van der Waals surface area contributed by atoms with Crippen LogP contribution in [0.15, 0.2) is 41.8 Å². The lowest BCUT2D eigenvalue weighted by Gasteiger charge is -2.27. The number of nitroso groups, excluding NO2 is 1. The number of amides is 1. The largest absolute Gasteiger partial charge is 0.394 e. The highest BCUT2D eigenvalue weighted by atomic mass is 35.5. The molecule has 10 heteroatoms. The highest BCUT2D eigenvalue weighted by Crippen LogP contribution is 2.31. The molecule has 1 fully saturated rings. The molecule has 1 aliphatic rings. The van der Waals surface area contributed by atoms with Crippen molar-refractivity contribution in [2.45, 2.75) is 57.3 Å². The number of aliphatic hydroxyl groups is 1. The number of nitrogens with one attached hydrogen (secondary N) is 2. The standard InChI is InChI=1S/C23H27ClN6O3/c1-2-30-22-18(12-26-30)21(27-16-7-9-17(29-33)10-8-16)19(11-25-22)23(32)28-20(13-31)14-3-5-15(24)6-4-14/h3-6,11-12,16-17,20,31H,2,7-10,13H2,1H3,(H,25,27)(H,28,32). The number of hydrogen-bond acceptors (Lipinski definition) is 7. The van der Waals surface area contributed by atoms with E-state index in [1.807, 2.05) is 6.92 Å². The monoisotopic (exact) mass is 470 g/mol. The summed E-state index contributed by atoms with van der Waals surface area (Å²) in [5.41, 5.74) is 2.47. The second kappa shape index (κ2) is 10.3. The number of aromatic nitrogens is 3. The summed E-state index contributed by atoms with van der Waals surface area (Å²) in [4.78, 5) is 28.7. The first-order valence-corrected chi connectivity index (χ1v) is 11.5. The second-order valence-corrected chi connectivity index (χ2v) is 8.70. The molecule has 1 saturated carbocycles. The van der Waals surface area contributed by atoms with Crippen LogP contribution in [0.25, 0.3) is 11.0 Å². The Balaban J connectivity index is 1.64. The minimum Gasteiger partial charge on any atom is -0.394 e. The summed E-state index contributed by atoms with van der Waals surface area (Å²) in [6.45, 7) is 2.37. The lowest BCUT2D eigenvalue weighted by molar-refractivity contribution is 0.0916. The van der Waals surface area contributed by atoms with Gasteiger partial charge in [0.2, 0.25) is 0 Å². The molecule has 0 saturated heterocycles. The van der Waals surface area contributed by atoms with Gasteiger partial charge in [0.25, 0.3) is 5.91 Å². The molecule has 4 rings (SSSR count). The van der Waals surface area contributed by atoms with E-state index in [1.165, 1.54) is 0 Å². The Morgan fingerprint density at radius 1 is 1.24 bits per heavy atom.